The zero-order valence-corrected chi connectivity index (χ0v) is 6.71. The Morgan fingerprint density at radius 1 is 1.73 bits per heavy atom. The summed E-state index contributed by atoms with van der Waals surface area (Å²) in [6, 6.07) is 0. The minimum absolute atomic E-state index is 0.262. The highest BCUT2D eigenvalue weighted by Crippen LogP contribution is 2.08. The first kappa shape index (κ1) is 8.71. The molecule has 0 aromatic heterocycles. The van der Waals surface area contributed by atoms with Gasteiger partial charge in [-0.1, -0.05) is 6.58 Å². The van der Waals surface area contributed by atoms with Crippen molar-refractivity contribution >= 4 is 0 Å². The van der Waals surface area contributed by atoms with Crippen molar-refractivity contribution in [3.8, 4) is 0 Å². The summed E-state index contributed by atoms with van der Waals surface area (Å²) >= 11 is 0. The van der Waals surface area contributed by atoms with Gasteiger partial charge in [-0.05, 0) is 12.0 Å². The summed E-state index contributed by atoms with van der Waals surface area (Å²) in [5.41, 5.74) is 6.29. The molecule has 1 atom stereocenters. The van der Waals surface area contributed by atoms with Crippen LogP contribution < -0.4 is 5.73 Å². The molecule has 1 aliphatic heterocycles. The molecule has 1 saturated heterocycles. The Labute approximate surface area is 67.2 Å². The number of rotatable bonds is 4. The summed E-state index contributed by atoms with van der Waals surface area (Å²) in [6.45, 7) is 6.36. The van der Waals surface area contributed by atoms with Crippen molar-refractivity contribution in [2.24, 2.45) is 5.73 Å². The highest BCUT2D eigenvalue weighted by molar-refractivity contribution is 4.95. The summed E-state index contributed by atoms with van der Waals surface area (Å²) in [5.74, 6) is 0. The Kier molecular flexibility index (Phi) is 3.56. The standard InChI is InChI=1S/C8H15NO2/c1-7(4-9)5-11-8-2-3-10-6-8/h8H,1-6,9H2. The third kappa shape index (κ3) is 3.01. The van der Waals surface area contributed by atoms with E-state index in [1.165, 1.54) is 0 Å². The van der Waals surface area contributed by atoms with Gasteiger partial charge in [-0.3, -0.25) is 0 Å². The van der Waals surface area contributed by atoms with E-state index in [1.807, 2.05) is 0 Å². The summed E-state index contributed by atoms with van der Waals surface area (Å²) in [5, 5.41) is 0. The van der Waals surface area contributed by atoms with Crippen LogP contribution >= 0.6 is 0 Å². The summed E-state index contributed by atoms with van der Waals surface area (Å²) < 4.78 is 10.6. The molecule has 1 unspecified atom stereocenters. The molecule has 2 N–H and O–H groups in total. The van der Waals surface area contributed by atoms with Crippen molar-refractivity contribution in [1.29, 1.82) is 0 Å². The smallest absolute Gasteiger partial charge is 0.0834 e. The Morgan fingerprint density at radius 2 is 2.55 bits per heavy atom. The first-order valence-corrected chi connectivity index (χ1v) is 3.89. The molecule has 0 aliphatic carbocycles. The molecule has 64 valence electrons. The molecule has 11 heavy (non-hydrogen) atoms. The van der Waals surface area contributed by atoms with E-state index in [0.717, 1.165) is 25.2 Å². The minimum atomic E-state index is 0.262. The quantitative estimate of drug-likeness (QED) is 0.597. The molecule has 0 bridgehead atoms. The molecule has 3 nitrogen and oxygen atoms in total. The van der Waals surface area contributed by atoms with E-state index in [1.54, 1.807) is 0 Å². The zero-order chi connectivity index (χ0) is 8.10. The second kappa shape index (κ2) is 4.49. The number of ether oxygens (including phenoxy) is 2. The SMILES string of the molecule is C=C(CN)COC1CCOC1. The van der Waals surface area contributed by atoms with Crippen molar-refractivity contribution in [1.82, 2.24) is 0 Å². The van der Waals surface area contributed by atoms with E-state index >= 15 is 0 Å². The normalized spacial score (nSPS) is 23.9. The van der Waals surface area contributed by atoms with Gasteiger partial charge in [-0.15, -0.1) is 0 Å². The predicted octanol–water partition coefficient (Wildman–Crippen LogP) is 0.307. The van der Waals surface area contributed by atoms with Crippen molar-refractivity contribution < 1.29 is 9.47 Å². The Hall–Kier alpha value is -0.380. The van der Waals surface area contributed by atoms with Gasteiger partial charge >= 0.3 is 0 Å². The van der Waals surface area contributed by atoms with Gasteiger partial charge < -0.3 is 15.2 Å². The molecule has 0 aromatic rings. The van der Waals surface area contributed by atoms with Gasteiger partial charge in [0.15, 0.2) is 0 Å². The minimum Gasteiger partial charge on any atom is -0.379 e. The lowest BCUT2D eigenvalue weighted by Crippen LogP contribution is -2.16. The number of nitrogens with two attached hydrogens (primary N) is 1. The maximum atomic E-state index is 5.45. The maximum absolute atomic E-state index is 5.45. The summed E-state index contributed by atoms with van der Waals surface area (Å²) in [7, 11) is 0. The fourth-order valence-corrected chi connectivity index (χ4v) is 0.939. The third-order valence-electron chi connectivity index (χ3n) is 1.70. The van der Waals surface area contributed by atoms with Crippen LogP contribution in [0.1, 0.15) is 6.42 Å². The van der Waals surface area contributed by atoms with Gasteiger partial charge in [0.25, 0.3) is 0 Å². The second-order valence-electron chi connectivity index (χ2n) is 2.75. The molecule has 1 aliphatic rings. The molecule has 1 rings (SSSR count). The zero-order valence-electron chi connectivity index (χ0n) is 6.71. The molecule has 1 heterocycles. The summed E-state index contributed by atoms with van der Waals surface area (Å²) in [6.07, 6.45) is 1.26. The number of hydrogen-bond acceptors (Lipinski definition) is 3. The first-order chi connectivity index (χ1) is 5.33. The van der Waals surface area contributed by atoms with E-state index in [-0.39, 0.29) is 6.10 Å². The van der Waals surface area contributed by atoms with Crippen LogP contribution in [0.5, 0.6) is 0 Å². The average molecular weight is 157 g/mol. The van der Waals surface area contributed by atoms with Gasteiger partial charge in [0.1, 0.15) is 0 Å². The molecule has 3 heteroatoms. The van der Waals surface area contributed by atoms with Crippen LogP contribution in [0.15, 0.2) is 12.2 Å². The lowest BCUT2D eigenvalue weighted by molar-refractivity contribution is 0.0563. The van der Waals surface area contributed by atoms with Crippen molar-refractivity contribution in [3.63, 3.8) is 0 Å². The molecule has 0 saturated carbocycles. The van der Waals surface area contributed by atoms with Gasteiger partial charge in [-0.25, -0.2) is 0 Å². The van der Waals surface area contributed by atoms with Crippen LogP contribution in [0.3, 0.4) is 0 Å². The Morgan fingerprint density at radius 3 is 3.09 bits per heavy atom. The van der Waals surface area contributed by atoms with Crippen LogP contribution in [0.2, 0.25) is 0 Å². The molecular formula is C8H15NO2. The summed E-state index contributed by atoms with van der Waals surface area (Å²) in [4.78, 5) is 0. The molecule has 0 radical (unpaired) electrons. The largest absolute Gasteiger partial charge is 0.379 e. The van der Waals surface area contributed by atoms with Crippen molar-refractivity contribution in [2.75, 3.05) is 26.4 Å². The topological polar surface area (TPSA) is 44.5 Å². The van der Waals surface area contributed by atoms with Crippen LogP contribution in [0, 0.1) is 0 Å². The van der Waals surface area contributed by atoms with E-state index in [2.05, 4.69) is 6.58 Å². The van der Waals surface area contributed by atoms with E-state index < -0.39 is 0 Å². The third-order valence-corrected chi connectivity index (χ3v) is 1.70. The molecule has 0 spiro atoms. The predicted molar refractivity (Wildman–Crippen MR) is 43.4 cm³/mol. The van der Waals surface area contributed by atoms with Gasteiger partial charge in [-0.2, -0.15) is 0 Å². The van der Waals surface area contributed by atoms with Gasteiger partial charge in [0, 0.05) is 13.2 Å². The molecular weight excluding hydrogens is 142 g/mol. The van der Waals surface area contributed by atoms with E-state index in [0.29, 0.717) is 13.2 Å². The first-order valence-electron chi connectivity index (χ1n) is 3.89. The van der Waals surface area contributed by atoms with Crippen LogP contribution in [0.25, 0.3) is 0 Å². The van der Waals surface area contributed by atoms with Crippen molar-refractivity contribution in [2.45, 2.75) is 12.5 Å². The Bertz CT molecular complexity index is 130. The fraction of sp³-hybridized carbons (Fsp3) is 0.750. The van der Waals surface area contributed by atoms with Crippen LogP contribution in [-0.2, 0) is 9.47 Å². The average Bonchev–Trinajstić information content (AvgIpc) is 2.52. The fourth-order valence-electron chi connectivity index (χ4n) is 0.939. The van der Waals surface area contributed by atoms with E-state index in [4.69, 9.17) is 15.2 Å². The molecule has 1 fully saturated rings. The second-order valence-corrected chi connectivity index (χ2v) is 2.75. The lowest BCUT2D eigenvalue weighted by Gasteiger charge is -2.09. The van der Waals surface area contributed by atoms with Gasteiger partial charge in [0.2, 0.25) is 0 Å². The van der Waals surface area contributed by atoms with Gasteiger partial charge in [0.05, 0.1) is 19.3 Å². The van der Waals surface area contributed by atoms with Crippen molar-refractivity contribution in [3.05, 3.63) is 12.2 Å². The lowest BCUT2D eigenvalue weighted by atomic mass is 10.3. The molecule has 0 aromatic carbocycles. The number of hydrogen-bond donors (Lipinski definition) is 1. The maximum Gasteiger partial charge on any atom is 0.0834 e. The highest BCUT2D eigenvalue weighted by atomic mass is 16.5. The van der Waals surface area contributed by atoms with E-state index in [9.17, 15) is 0 Å². The van der Waals surface area contributed by atoms with Crippen LogP contribution in [0.4, 0.5) is 0 Å². The monoisotopic (exact) mass is 157 g/mol. The molecule has 0 amide bonds. The highest BCUT2D eigenvalue weighted by Gasteiger charge is 2.15. The van der Waals surface area contributed by atoms with Crippen LogP contribution in [-0.4, -0.2) is 32.5 Å². The Balaban J connectivity index is 2.06.